The first-order valence-electron chi connectivity index (χ1n) is 16.2. The van der Waals surface area contributed by atoms with E-state index in [9.17, 15) is 32.7 Å². The molecule has 0 radical (unpaired) electrons. The first kappa shape index (κ1) is 33.3. The third-order valence-electron chi connectivity index (χ3n) is 9.90. The number of rotatable bonds is 5. The molecule has 2 aliphatic heterocycles. The standard InChI is InChI=1S/C33H34F3N9O5/c1-17-14-32(8-10-43(11-9-32)30(49)25-27(47)19(3)37-16-38-25)24-26(17)44(15-23(46)40-21-4-5-22(33(34,35)36)39-18(21)2)31-41-28(42-45(31)29(24)48)20-6-12-50-13-7-20/h4-6,16-17,47H,7-15H2,1-3H3,(H,40,46). The van der Waals surface area contributed by atoms with E-state index < -0.39 is 29.1 Å². The number of carbonyl (C=O) groups excluding carboxylic acids is 2. The molecule has 2 N–H and O–H groups in total. The minimum Gasteiger partial charge on any atom is -0.504 e. The zero-order valence-electron chi connectivity index (χ0n) is 27.5. The van der Waals surface area contributed by atoms with Crippen LogP contribution in [0.2, 0.25) is 0 Å². The maximum atomic E-state index is 14.4. The Balaban J connectivity index is 1.26. The third kappa shape index (κ3) is 5.68. The van der Waals surface area contributed by atoms with E-state index in [1.165, 1.54) is 17.8 Å². The number of anilines is 1. The first-order chi connectivity index (χ1) is 23.8. The molecular weight excluding hydrogens is 659 g/mol. The van der Waals surface area contributed by atoms with Crippen LogP contribution in [0, 0.1) is 13.8 Å². The molecule has 0 saturated carbocycles. The summed E-state index contributed by atoms with van der Waals surface area (Å²) in [4.78, 5) is 59.3. The summed E-state index contributed by atoms with van der Waals surface area (Å²) in [6.07, 6.45) is 0.433. The van der Waals surface area contributed by atoms with Gasteiger partial charge in [-0.1, -0.05) is 13.0 Å². The van der Waals surface area contributed by atoms with Crippen LogP contribution in [-0.2, 0) is 27.7 Å². The number of halogens is 3. The van der Waals surface area contributed by atoms with E-state index in [1.807, 2.05) is 13.0 Å². The highest BCUT2D eigenvalue weighted by Crippen LogP contribution is 2.50. The number of hydrogen-bond donors (Lipinski definition) is 2. The molecule has 17 heteroatoms. The number of piperidine rings is 1. The molecule has 7 rings (SSSR count). The molecule has 50 heavy (non-hydrogen) atoms. The molecule has 1 aliphatic carbocycles. The van der Waals surface area contributed by atoms with Crippen molar-refractivity contribution < 1.29 is 32.6 Å². The minimum absolute atomic E-state index is 0.00116. The summed E-state index contributed by atoms with van der Waals surface area (Å²) in [5.74, 6) is -0.941. The quantitative estimate of drug-likeness (QED) is 0.315. The molecule has 1 saturated heterocycles. The van der Waals surface area contributed by atoms with Gasteiger partial charge in [0.25, 0.3) is 11.5 Å². The minimum atomic E-state index is -4.63. The van der Waals surface area contributed by atoms with Crippen LogP contribution >= 0.6 is 0 Å². The van der Waals surface area contributed by atoms with Gasteiger partial charge in [0.2, 0.25) is 11.7 Å². The van der Waals surface area contributed by atoms with E-state index >= 15 is 0 Å². The Labute approximate surface area is 283 Å². The van der Waals surface area contributed by atoms with Crippen molar-refractivity contribution in [2.24, 2.45) is 0 Å². The van der Waals surface area contributed by atoms with E-state index in [1.54, 1.807) is 16.4 Å². The number of nitrogens with zero attached hydrogens (tertiary/aromatic N) is 8. The molecule has 4 aromatic rings. The highest BCUT2D eigenvalue weighted by atomic mass is 19.4. The van der Waals surface area contributed by atoms with Gasteiger partial charge in [-0.05, 0) is 63.2 Å². The van der Waals surface area contributed by atoms with Crippen molar-refractivity contribution in [2.75, 3.05) is 31.6 Å². The van der Waals surface area contributed by atoms with E-state index in [-0.39, 0.29) is 52.3 Å². The first-order valence-corrected chi connectivity index (χ1v) is 16.2. The lowest BCUT2D eigenvalue weighted by atomic mass is 9.73. The van der Waals surface area contributed by atoms with Gasteiger partial charge in [0.05, 0.1) is 30.3 Å². The van der Waals surface area contributed by atoms with Crippen molar-refractivity contribution in [3.63, 3.8) is 0 Å². The van der Waals surface area contributed by atoms with E-state index in [0.29, 0.717) is 69.1 Å². The van der Waals surface area contributed by atoms with Crippen LogP contribution in [-0.4, -0.2) is 82.2 Å². The summed E-state index contributed by atoms with van der Waals surface area (Å²) in [6.45, 7) is 6.05. The van der Waals surface area contributed by atoms with Gasteiger partial charge in [-0.15, -0.1) is 5.10 Å². The Bertz CT molecular complexity index is 2130. The normalized spacial score (nSPS) is 18.7. The monoisotopic (exact) mass is 693 g/mol. The van der Waals surface area contributed by atoms with Crippen molar-refractivity contribution in [1.29, 1.82) is 0 Å². The molecule has 262 valence electrons. The number of pyridine rings is 1. The number of amides is 2. The van der Waals surface area contributed by atoms with E-state index in [0.717, 1.165) is 17.7 Å². The highest BCUT2D eigenvalue weighted by Gasteiger charge is 2.49. The second-order valence-electron chi connectivity index (χ2n) is 13.1. The van der Waals surface area contributed by atoms with Gasteiger partial charge >= 0.3 is 6.18 Å². The van der Waals surface area contributed by atoms with Gasteiger partial charge in [-0.2, -0.15) is 22.7 Å². The fourth-order valence-corrected chi connectivity index (χ4v) is 7.44. The number of hydrogen-bond acceptors (Lipinski definition) is 10. The molecule has 3 aliphatic rings. The fraction of sp³-hybridized carbons (Fsp3) is 0.455. The lowest BCUT2D eigenvalue weighted by Crippen LogP contribution is -2.46. The molecule has 1 fully saturated rings. The second kappa shape index (κ2) is 12.3. The number of aromatic hydroxyl groups is 1. The van der Waals surface area contributed by atoms with Gasteiger partial charge in [0.1, 0.15) is 18.6 Å². The number of alkyl halides is 3. The summed E-state index contributed by atoms with van der Waals surface area (Å²) >= 11 is 0. The largest absolute Gasteiger partial charge is 0.504 e. The highest BCUT2D eigenvalue weighted by molar-refractivity contribution is 5.95. The number of fused-ring (bicyclic) bond motifs is 3. The predicted octanol–water partition coefficient (Wildman–Crippen LogP) is 3.54. The molecule has 6 heterocycles. The van der Waals surface area contributed by atoms with Crippen LogP contribution in [0.5, 0.6) is 5.75 Å². The van der Waals surface area contributed by atoms with Crippen molar-refractivity contribution in [2.45, 2.75) is 70.5 Å². The summed E-state index contributed by atoms with van der Waals surface area (Å²) in [5.41, 5.74) is 0.202. The van der Waals surface area contributed by atoms with Gasteiger partial charge in [0.15, 0.2) is 17.3 Å². The summed E-state index contributed by atoms with van der Waals surface area (Å²) < 4.78 is 48.0. The van der Waals surface area contributed by atoms with Gasteiger partial charge in [-0.3, -0.25) is 14.4 Å². The Morgan fingerprint density at radius 3 is 2.56 bits per heavy atom. The topological polar surface area (TPSA) is 170 Å². The van der Waals surface area contributed by atoms with Crippen molar-refractivity contribution in [3.05, 3.63) is 74.7 Å². The van der Waals surface area contributed by atoms with Crippen LogP contribution < -0.4 is 10.9 Å². The molecule has 1 atom stereocenters. The smallest absolute Gasteiger partial charge is 0.433 e. The molecule has 14 nitrogen and oxygen atoms in total. The Morgan fingerprint density at radius 2 is 1.88 bits per heavy atom. The zero-order valence-corrected chi connectivity index (χ0v) is 27.5. The number of carbonyl (C=O) groups is 2. The molecule has 0 aromatic carbocycles. The summed E-state index contributed by atoms with van der Waals surface area (Å²) in [7, 11) is 0. The van der Waals surface area contributed by atoms with Crippen LogP contribution in [0.25, 0.3) is 11.4 Å². The molecule has 2 amide bonds. The predicted molar refractivity (Wildman–Crippen MR) is 172 cm³/mol. The number of aryl methyl sites for hydroxylation is 2. The van der Waals surface area contributed by atoms with Gasteiger partial charge in [-0.25, -0.2) is 15.0 Å². The molecule has 0 bridgehead atoms. The third-order valence-corrected chi connectivity index (χ3v) is 9.90. The average Bonchev–Trinajstić information content (AvgIpc) is 3.65. The maximum absolute atomic E-state index is 14.4. The average molecular weight is 694 g/mol. The molecule has 1 spiro atoms. The molecular formula is C33H34F3N9O5. The van der Waals surface area contributed by atoms with Crippen LogP contribution in [0.4, 0.5) is 18.9 Å². The summed E-state index contributed by atoms with van der Waals surface area (Å²) in [5, 5.41) is 17.7. The second-order valence-corrected chi connectivity index (χ2v) is 13.1. The Kier molecular flexibility index (Phi) is 8.19. The zero-order chi connectivity index (χ0) is 35.5. The van der Waals surface area contributed by atoms with Gasteiger partial charge in [0, 0.05) is 29.8 Å². The lowest BCUT2D eigenvalue weighted by molar-refractivity contribution is -0.141. The van der Waals surface area contributed by atoms with Crippen LogP contribution in [0.15, 0.2) is 29.3 Å². The Morgan fingerprint density at radius 1 is 1.12 bits per heavy atom. The number of aromatic nitrogens is 7. The van der Waals surface area contributed by atoms with Crippen molar-refractivity contribution in [1.82, 2.24) is 39.0 Å². The molecule has 1 unspecified atom stereocenters. The Hall–Kier alpha value is -5.19. The van der Waals surface area contributed by atoms with Gasteiger partial charge < -0.3 is 24.6 Å². The number of ether oxygens (including phenoxy) is 1. The van der Waals surface area contributed by atoms with E-state index in [2.05, 4.69) is 25.4 Å². The van der Waals surface area contributed by atoms with Crippen LogP contribution in [0.1, 0.15) is 83.2 Å². The van der Waals surface area contributed by atoms with Crippen LogP contribution in [0.3, 0.4) is 0 Å². The lowest BCUT2D eigenvalue weighted by Gasteiger charge is -2.39. The number of likely N-dealkylation sites (tertiary alicyclic amines) is 1. The summed E-state index contributed by atoms with van der Waals surface area (Å²) in [6, 6.07) is 1.97. The van der Waals surface area contributed by atoms with Crippen molar-refractivity contribution in [3.8, 4) is 5.75 Å². The molecule has 4 aromatic heterocycles. The maximum Gasteiger partial charge on any atom is 0.433 e. The number of nitrogens with one attached hydrogen (secondary N) is 1. The SMILES string of the molecule is Cc1nc(C(F)(F)F)ccc1NC(=O)Cn1c2c(c(=O)n3nc(C4=CCOCC4)nc13)C1(CCN(C(=O)c3ncnc(C)c3O)CC1)CC2C. The van der Waals surface area contributed by atoms with E-state index in [4.69, 9.17) is 9.72 Å². The van der Waals surface area contributed by atoms with Crippen molar-refractivity contribution >= 4 is 28.9 Å². The fourth-order valence-electron chi connectivity index (χ4n) is 7.44.